The fourth-order valence-electron chi connectivity index (χ4n) is 0. The summed E-state index contributed by atoms with van der Waals surface area (Å²) in [6, 6.07) is 0. The van der Waals surface area contributed by atoms with Gasteiger partial charge in [0, 0.05) is 117 Å². The van der Waals surface area contributed by atoms with Crippen LogP contribution in [0.4, 0.5) is 0 Å². The molecule has 0 aromatic carbocycles. The molecular weight excluding hydrogens is 391 g/mol. The molecule has 0 spiro atoms. The molecule has 0 heterocycles. The summed E-state index contributed by atoms with van der Waals surface area (Å²) in [4.78, 5) is 0. The van der Waals surface area contributed by atoms with E-state index < -0.39 is 0 Å². The molecule has 0 aromatic heterocycles. The van der Waals surface area contributed by atoms with Crippen LogP contribution in [-0.4, -0.2) is 0 Å². The van der Waals surface area contributed by atoms with Crippen molar-refractivity contribution in [3.63, 3.8) is 0 Å². The van der Waals surface area contributed by atoms with E-state index in [-0.39, 0.29) is 117 Å². The largest absolute Gasteiger partial charge is 0 e. The van der Waals surface area contributed by atoms with Crippen molar-refractivity contribution in [1.29, 1.82) is 0 Å². The summed E-state index contributed by atoms with van der Waals surface area (Å²) in [5.74, 6) is 0. The molecule has 0 N–H and O–H groups in total. The van der Waals surface area contributed by atoms with Crippen LogP contribution in [0.2, 0.25) is 0 Å². The maximum Gasteiger partial charge on any atom is 0 e. The molecule has 1 radical (unpaired) electrons. The molecule has 0 aliphatic carbocycles. The molecule has 0 fully saturated rings. The first kappa shape index (κ1) is 37.3. The van der Waals surface area contributed by atoms with Gasteiger partial charge < -0.3 is 0 Å². The van der Waals surface area contributed by atoms with E-state index in [0.29, 0.717) is 0 Å². The first-order valence-corrected chi connectivity index (χ1v) is 0. The molecule has 0 aliphatic rings. The summed E-state index contributed by atoms with van der Waals surface area (Å²) in [7, 11) is 0. The second-order valence-corrected chi connectivity index (χ2v) is 0. The SMILES string of the molecule is [Ce].[Mn].[Zn].[Zn].[Zn]. The Morgan fingerprint density at radius 2 is 0.600 bits per heavy atom. The molecule has 0 nitrogen and oxygen atoms in total. The molecule has 0 saturated carbocycles. The number of rotatable bonds is 0. The minimum absolute atomic E-state index is 0. The maximum absolute atomic E-state index is 0. The van der Waals surface area contributed by atoms with Crippen molar-refractivity contribution < 1.29 is 117 Å². The van der Waals surface area contributed by atoms with Crippen LogP contribution in [0.1, 0.15) is 0 Å². The van der Waals surface area contributed by atoms with Crippen LogP contribution in [-0.2, 0) is 75.5 Å². The molecule has 0 unspecified atom stereocenters. The molecular formula is CeMnZn3. The van der Waals surface area contributed by atoms with Crippen LogP contribution in [0.25, 0.3) is 0 Å². The number of hydrogen-bond acceptors (Lipinski definition) is 0. The maximum atomic E-state index is 0. The summed E-state index contributed by atoms with van der Waals surface area (Å²) in [5, 5.41) is 0. The van der Waals surface area contributed by atoms with Crippen LogP contribution >= 0.6 is 0 Å². The fourth-order valence-corrected chi connectivity index (χ4v) is 0. The Bertz CT molecular complexity index is 6.85. The Morgan fingerprint density at radius 3 is 0.600 bits per heavy atom. The minimum atomic E-state index is 0. The quantitative estimate of drug-likeness (QED) is 0.510. The normalized spacial score (nSPS) is 0. The molecule has 0 amide bonds. The Labute approximate surface area is 114 Å². The molecule has 0 saturated heterocycles. The van der Waals surface area contributed by atoms with Crippen molar-refractivity contribution in [3.8, 4) is 0 Å². The van der Waals surface area contributed by atoms with E-state index in [0.717, 1.165) is 0 Å². The standard InChI is InChI=1S/Ce.Mn.3Zn. The van der Waals surface area contributed by atoms with Gasteiger partial charge in [0.2, 0.25) is 0 Å². The molecule has 0 atom stereocenters. The second-order valence-electron chi connectivity index (χ2n) is 0. The van der Waals surface area contributed by atoms with Crippen molar-refractivity contribution >= 4 is 0 Å². The zero-order valence-corrected chi connectivity index (χ0v) is 16.2. The predicted octanol–water partition coefficient (Wildman–Crippen LogP) is -0.0100. The van der Waals surface area contributed by atoms with Gasteiger partial charge in [0.25, 0.3) is 0 Å². The zero-order valence-electron chi connectivity index (χ0n) is 3.00. The first-order valence-electron chi connectivity index (χ1n) is 0. The van der Waals surface area contributed by atoms with Crippen LogP contribution in [0, 0.1) is 41.7 Å². The van der Waals surface area contributed by atoms with Crippen LogP contribution in [0.15, 0.2) is 0 Å². The monoisotopic (exact) mass is 387 g/mol. The second kappa shape index (κ2) is 25.1. The van der Waals surface area contributed by atoms with E-state index in [4.69, 9.17) is 0 Å². The van der Waals surface area contributed by atoms with Gasteiger partial charge in [-0.3, -0.25) is 0 Å². The molecule has 0 aromatic rings. The van der Waals surface area contributed by atoms with Gasteiger partial charge in [-0.2, -0.15) is 0 Å². The van der Waals surface area contributed by atoms with Crippen molar-refractivity contribution in [2.75, 3.05) is 0 Å². The zero-order chi connectivity index (χ0) is 0. The average molecular weight is 391 g/mol. The van der Waals surface area contributed by atoms with Gasteiger partial charge in [0.05, 0.1) is 0 Å². The third-order valence-electron chi connectivity index (χ3n) is 0. The van der Waals surface area contributed by atoms with Gasteiger partial charge >= 0.3 is 0 Å². The molecule has 5 heteroatoms. The summed E-state index contributed by atoms with van der Waals surface area (Å²) in [6.45, 7) is 0. The smallest absolute Gasteiger partial charge is 0 e. The molecule has 0 rings (SSSR count). The fraction of sp³-hybridized carbons (Fsp3) is 0. The third-order valence-corrected chi connectivity index (χ3v) is 0. The summed E-state index contributed by atoms with van der Waals surface area (Å²) in [5.41, 5.74) is 0. The van der Waals surface area contributed by atoms with Gasteiger partial charge in [-0.05, 0) is 0 Å². The summed E-state index contributed by atoms with van der Waals surface area (Å²) >= 11 is 0. The molecule has 17 valence electrons. The van der Waals surface area contributed by atoms with E-state index in [9.17, 15) is 0 Å². The summed E-state index contributed by atoms with van der Waals surface area (Å²) in [6.07, 6.45) is 0. The van der Waals surface area contributed by atoms with Crippen LogP contribution in [0.5, 0.6) is 0 Å². The van der Waals surface area contributed by atoms with Crippen LogP contribution < -0.4 is 0 Å². The summed E-state index contributed by atoms with van der Waals surface area (Å²) < 4.78 is 0. The van der Waals surface area contributed by atoms with Gasteiger partial charge in [-0.1, -0.05) is 0 Å². The van der Waals surface area contributed by atoms with E-state index in [2.05, 4.69) is 0 Å². The molecule has 0 aliphatic heterocycles. The van der Waals surface area contributed by atoms with Gasteiger partial charge in [0.1, 0.15) is 0 Å². The molecule has 0 bridgehead atoms. The van der Waals surface area contributed by atoms with E-state index in [1.54, 1.807) is 0 Å². The van der Waals surface area contributed by atoms with E-state index >= 15 is 0 Å². The third kappa shape index (κ3) is 18.2. The molecule has 5 heavy (non-hydrogen) atoms. The Hall–Kier alpha value is 3.77. The number of hydrogen-bond donors (Lipinski definition) is 0. The Kier molecular flexibility index (Phi) is 187. The van der Waals surface area contributed by atoms with Crippen molar-refractivity contribution in [3.05, 3.63) is 0 Å². The van der Waals surface area contributed by atoms with E-state index in [1.165, 1.54) is 0 Å². The van der Waals surface area contributed by atoms with E-state index in [1.807, 2.05) is 0 Å². The Morgan fingerprint density at radius 1 is 0.600 bits per heavy atom. The predicted molar refractivity (Wildman–Crippen MR) is 0 cm³/mol. The van der Waals surface area contributed by atoms with Gasteiger partial charge in [-0.15, -0.1) is 0 Å². The topological polar surface area (TPSA) is 0 Å². The average Bonchev–Trinajstić information content (AvgIpc) is 0. The van der Waals surface area contributed by atoms with Crippen LogP contribution in [0.3, 0.4) is 0 Å². The van der Waals surface area contributed by atoms with Crippen molar-refractivity contribution in [2.45, 2.75) is 0 Å². The van der Waals surface area contributed by atoms with Crippen molar-refractivity contribution in [1.82, 2.24) is 0 Å². The Balaban J connectivity index is 0. The van der Waals surface area contributed by atoms with Gasteiger partial charge in [0.15, 0.2) is 0 Å². The van der Waals surface area contributed by atoms with Gasteiger partial charge in [-0.25, -0.2) is 0 Å². The minimum Gasteiger partial charge on any atom is 0 e. The van der Waals surface area contributed by atoms with Crippen molar-refractivity contribution in [2.24, 2.45) is 0 Å². The first-order chi connectivity index (χ1) is 0.